The Morgan fingerprint density at radius 2 is 1.90 bits per heavy atom. The molecule has 1 N–H and O–H groups in total. The van der Waals surface area contributed by atoms with E-state index in [4.69, 9.17) is 0 Å². The average molecular weight is 288 g/mol. The molecule has 2 rings (SSSR count). The van der Waals surface area contributed by atoms with Crippen molar-refractivity contribution >= 4 is 5.69 Å². The number of nitro benzene ring substituents is 1. The van der Waals surface area contributed by atoms with Crippen LogP contribution in [0.1, 0.15) is 29.7 Å². The number of benzene rings is 2. The number of nitrogens with one attached hydrogen (secondary N) is 1. The van der Waals surface area contributed by atoms with Crippen molar-refractivity contribution < 1.29 is 9.31 Å². The second-order valence-corrected chi connectivity index (χ2v) is 5.04. The minimum Gasteiger partial charge on any atom is -0.306 e. The van der Waals surface area contributed by atoms with Gasteiger partial charge >= 0.3 is 0 Å². The third kappa shape index (κ3) is 3.86. The van der Waals surface area contributed by atoms with Crippen molar-refractivity contribution in [1.82, 2.24) is 5.32 Å². The van der Waals surface area contributed by atoms with Crippen LogP contribution in [0.2, 0.25) is 0 Å². The predicted molar refractivity (Wildman–Crippen MR) is 79.5 cm³/mol. The summed E-state index contributed by atoms with van der Waals surface area (Å²) in [5.74, 6) is -0.472. The Balaban J connectivity index is 2.10. The largest absolute Gasteiger partial charge is 0.306 e. The first-order valence-electron chi connectivity index (χ1n) is 6.70. The van der Waals surface area contributed by atoms with Gasteiger partial charge in [0.15, 0.2) is 0 Å². The molecule has 0 unspecified atom stereocenters. The van der Waals surface area contributed by atoms with Crippen LogP contribution < -0.4 is 5.32 Å². The van der Waals surface area contributed by atoms with Crippen molar-refractivity contribution in [3.05, 3.63) is 75.1 Å². The molecule has 5 heteroatoms. The normalized spacial score (nSPS) is 12.1. The van der Waals surface area contributed by atoms with Crippen LogP contribution in [0.25, 0.3) is 0 Å². The maximum Gasteiger partial charge on any atom is 0.274 e. The summed E-state index contributed by atoms with van der Waals surface area (Å²) >= 11 is 0. The maximum atomic E-state index is 13.3. The molecule has 0 radical (unpaired) electrons. The Kier molecular flexibility index (Phi) is 4.65. The fourth-order valence-electron chi connectivity index (χ4n) is 2.11. The Labute approximate surface area is 122 Å². The van der Waals surface area contributed by atoms with E-state index < -0.39 is 10.7 Å². The molecular weight excluding hydrogens is 271 g/mol. The van der Waals surface area contributed by atoms with Gasteiger partial charge in [-0.05, 0) is 31.5 Å². The molecule has 2 aromatic carbocycles. The van der Waals surface area contributed by atoms with Gasteiger partial charge in [0.2, 0.25) is 0 Å². The SMILES string of the molecule is Cc1ccc([C@H](C)NCc2cc(F)ccc2[N+](=O)[O-])cc1. The lowest BCUT2D eigenvalue weighted by molar-refractivity contribution is -0.385. The standard InChI is InChI=1S/C16H17FN2O2/c1-11-3-5-13(6-4-11)12(2)18-10-14-9-15(17)7-8-16(14)19(20)21/h3-9,12,18H,10H2,1-2H3/t12-/m0/s1. The highest BCUT2D eigenvalue weighted by Crippen LogP contribution is 2.21. The van der Waals surface area contributed by atoms with E-state index in [9.17, 15) is 14.5 Å². The molecule has 110 valence electrons. The summed E-state index contributed by atoms with van der Waals surface area (Å²) in [6.07, 6.45) is 0. The molecule has 0 saturated carbocycles. The van der Waals surface area contributed by atoms with Crippen LogP contribution >= 0.6 is 0 Å². The van der Waals surface area contributed by atoms with Crippen LogP contribution in [0.3, 0.4) is 0 Å². The number of hydrogen-bond acceptors (Lipinski definition) is 3. The van der Waals surface area contributed by atoms with Crippen LogP contribution in [0.5, 0.6) is 0 Å². The minimum absolute atomic E-state index is 0.0217. The molecule has 0 aliphatic heterocycles. The van der Waals surface area contributed by atoms with Gasteiger partial charge in [0.05, 0.1) is 4.92 Å². The van der Waals surface area contributed by atoms with Gasteiger partial charge in [0.1, 0.15) is 5.82 Å². The Bertz CT molecular complexity index is 641. The zero-order valence-corrected chi connectivity index (χ0v) is 12.0. The molecule has 0 saturated heterocycles. The van der Waals surface area contributed by atoms with Crippen LogP contribution in [0.4, 0.5) is 10.1 Å². The zero-order valence-electron chi connectivity index (χ0n) is 12.0. The zero-order chi connectivity index (χ0) is 15.4. The van der Waals surface area contributed by atoms with Gasteiger partial charge in [0, 0.05) is 24.2 Å². The molecule has 0 aliphatic rings. The molecule has 1 atom stereocenters. The molecule has 0 heterocycles. The second kappa shape index (κ2) is 6.45. The highest BCUT2D eigenvalue weighted by atomic mass is 19.1. The van der Waals surface area contributed by atoms with E-state index in [2.05, 4.69) is 5.32 Å². The Hall–Kier alpha value is -2.27. The van der Waals surface area contributed by atoms with Gasteiger partial charge in [-0.3, -0.25) is 10.1 Å². The summed E-state index contributed by atoms with van der Waals surface area (Å²) < 4.78 is 13.3. The number of halogens is 1. The topological polar surface area (TPSA) is 55.2 Å². The quantitative estimate of drug-likeness (QED) is 0.670. The van der Waals surface area contributed by atoms with Gasteiger partial charge in [-0.25, -0.2) is 4.39 Å². The van der Waals surface area contributed by atoms with Crippen molar-refractivity contribution in [2.75, 3.05) is 0 Å². The second-order valence-electron chi connectivity index (χ2n) is 5.04. The Morgan fingerprint density at radius 1 is 1.24 bits per heavy atom. The average Bonchev–Trinajstić information content (AvgIpc) is 2.45. The molecular formula is C16H17FN2O2. The molecule has 0 amide bonds. The molecule has 0 aliphatic carbocycles. The van der Waals surface area contributed by atoms with Crippen LogP contribution in [-0.4, -0.2) is 4.92 Å². The Morgan fingerprint density at radius 3 is 2.52 bits per heavy atom. The van der Waals surface area contributed by atoms with Crippen molar-refractivity contribution in [1.29, 1.82) is 0 Å². The fourth-order valence-corrected chi connectivity index (χ4v) is 2.11. The van der Waals surface area contributed by atoms with Gasteiger partial charge < -0.3 is 5.32 Å². The highest BCUT2D eigenvalue weighted by molar-refractivity contribution is 5.40. The summed E-state index contributed by atoms with van der Waals surface area (Å²) in [7, 11) is 0. The van der Waals surface area contributed by atoms with Crippen molar-refractivity contribution in [2.24, 2.45) is 0 Å². The van der Waals surface area contributed by atoms with E-state index in [-0.39, 0.29) is 18.3 Å². The summed E-state index contributed by atoms with van der Waals surface area (Å²) in [4.78, 5) is 10.4. The van der Waals surface area contributed by atoms with Crippen LogP contribution in [0.15, 0.2) is 42.5 Å². The lowest BCUT2D eigenvalue weighted by Gasteiger charge is -2.14. The van der Waals surface area contributed by atoms with E-state index in [0.717, 1.165) is 11.6 Å². The lowest BCUT2D eigenvalue weighted by Crippen LogP contribution is -2.18. The lowest BCUT2D eigenvalue weighted by atomic mass is 10.1. The number of hydrogen-bond donors (Lipinski definition) is 1. The van der Waals surface area contributed by atoms with Crippen molar-refractivity contribution in [2.45, 2.75) is 26.4 Å². The van der Waals surface area contributed by atoms with E-state index >= 15 is 0 Å². The third-order valence-electron chi connectivity index (χ3n) is 3.41. The summed E-state index contributed by atoms with van der Waals surface area (Å²) in [5.41, 5.74) is 2.53. The molecule has 0 spiro atoms. The van der Waals surface area contributed by atoms with E-state index in [1.165, 1.54) is 17.7 Å². The summed E-state index contributed by atoms with van der Waals surface area (Å²) in [6.45, 7) is 4.22. The first-order chi connectivity index (χ1) is 9.97. The van der Waals surface area contributed by atoms with Gasteiger partial charge in [-0.15, -0.1) is 0 Å². The molecule has 0 bridgehead atoms. The van der Waals surface area contributed by atoms with Crippen LogP contribution in [-0.2, 0) is 6.54 Å². The number of nitrogens with zero attached hydrogens (tertiary/aromatic N) is 1. The van der Waals surface area contributed by atoms with E-state index in [0.29, 0.717) is 5.56 Å². The van der Waals surface area contributed by atoms with Gasteiger partial charge in [-0.2, -0.15) is 0 Å². The van der Waals surface area contributed by atoms with Crippen LogP contribution in [0, 0.1) is 22.9 Å². The van der Waals surface area contributed by atoms with Crippen molar-refractivity contribution in [3.63, 3.8) is 0 Å². The van der Waals surface area contributed by atoms with E-state index in [1.54, 1.807) is 0 Å². The molecule has 4 nitrogen and oxygen atoms in total. The molecule has 2 aromatic rings. The monoisotopic (exact) mass is 288 g/mol. The predicted octanol–water partition coefficient (Wildman–Crippen LogP) is 3.89. The maximum absolute atomic E-state index is 13.3. The number of rotatable bonds is 5. The highest BCUT2D eigenvalue weighted by Gasteiger charge is 2.15. The molecule has 0 fully saturated rings. The molecule has 21 heavy (non-hydrogen) atoms. The van der Waals surface area contributed by atoms with Gasteiger partial charge in [0.25, 0.3) is 5.69 Å². The smallest absolute Gasteiger partial charge is 0.274 e. The summed E-state index contributed by atoms with van der Waals surface area (Å²) in [6, 6.07) is 11.6. The summed E-state index contributed by atoms with van der Waals surface area (Å²) in [5, 5.41) is 14.1. The third-order valence-corrected chi connectivity index (χ3v) is 3.41. The minimum atomic E-state index is -0.493. The van der Waals surface area contributed by atoms with Gasteiger partial charge in [-0.1, -0.05) is 29.8 Å². The molecule has 0 aromatic heterocycles. The first kappa shape index (κ1) is 15.1. The number of nitro groups is 1. The van der Waals surface area contributed by atoms with E-state index in [1.807, 2.05) is 38.1 Å². The number of aryl methyl sites for hydroxylation is 1. The first-order valence-corrected chi connectivity index (χ1v) is 6.70. The van der Waals surface area contributed by atoms with Crippen molar-refractivity contribution in [3.8, 4) is 0 Å². The fraction of sp³-hybridized carbons (Fsp3) is 0.250.